The van der Waals surface area contributed by atoms with Gasteiger partial charge in [-0.15, -0.1) is 0 Å². The smallest absolute Gasteiger partial charge is 0.118 e. The molecule has 0 fully saturated rings. The molecule has 4 nitrogen and oxygen atoms in total. The van der Waals surface area contributed by atoms with Crippen LogP contribution in [-0.4, -0.2) is 24.0 Å². The number of benzene rings is 3. The van der Waals surface area contributed by atoms with Crippen LogP contribution in [0.4, 0.5) is 0 Å². The van der Waals surface area contributed by atoms with Crippen molar-refractivity contribution in [3.63, 3.8) is 0 Å². The Bertz CT molecular complexity index is 1090. The predicted octanol–water partition coefficient (Wildman–Crippen LogP) is 5.88. The summed E-state index contributed by atoms with van der Waals surface area (Å²) in [6.45, 7) is 0. The topological polar surface area (TPSA) is 36.3 Å². The highest BCUT2D eigenvalue weighted by Crippen LogP contribution is 2.31. The van der Waals surface area contributed by atoms with Crippen LogP contribution in [0.1, 0.15) is 0 Å². The largest absolute Gasteiger partial charge is 0.497 e. The number of nitrogens with zero attached hydrogens (tertiary/aromatic N) is 2. The lowest BCUT2D eigenvalue weighted by atomic mass is 10.1. The maximum atomic E-state index is 6.22. The third-order valence-electron chi connectivity index (χ3n) is 4.53. The van der Waals surface area contributed by atoms with E-state index in [4.69, 9.17) is 26.2 Å². The first-order chi connectivity index (χ1) is 13.7. The maximum Gasteiger partial charge on any atom is 0.118 e. The summed E-state index contributed by atoms with van der Waals surface area (Å²) < 4.78 is 12.4. The van der Waals surface area contributed by atoms with E-state index in [1.807, 2.05) is 77.5 Å². The molecule has 0 radical (unpaired) electrons. The zero-order valence-corrected chi connectivity index (χ0v) is 16.4. The highest BCUT2D eigenvalue weighted by Gasteiger charge is 2.14. The van der Waals surface area contributed by atoms with Crippen LogP contribution < -0.4 is 9.47 Å². The van der Waals surface area contributed by atoms with Gasteiger partial charge in [0.2, 0.25) is 0 Å². The molecule has 5 heteroatoms. The van der Waals surface area contributed by atoms with Gasteiger partial charge in [0, 0.05) is 16.1 Å². The minimum absolute atomic E-state index is 0.666. The number of methoxy groups -OCH3 is 2. The number of aromatic nitrogens is 2. The quantitative estimate of drug-likeness (QED) is 0.427. The van der Waals surface area contributed by atoms with Crippen LogP contribution >= 0.6 is 11.6 Å². The first-order valence-corrected chi connectivity index (χ1v) is 9.20. The van der Waals surface area contributed by atoms with Crippen LogP contribution in [0.15, 0.2) is 78.9 Å². The summed E-state index contributed by atoms with van der Waals surface area (Å²) in [5.41, 5.74) is 4.78. The van der Waals surface area contributed by atoms with Crippen molar-refractivity contribution >= 4 is 11.6 Å². The fourth-order valence-corrected chi connectivity index (χ4v) is 3.24. The summed E-state index contributed by atoms with van der Waals surface area (Å²) in [7, 11) is 3.32. The van der Waals surface area contributed by atoms with Crippen molar-refractivity contribution < 1.29 is 9.47 Å². The van der Waals surface area contributed by atoms with Crippen LogP contribution in [0, 0.1) is 0 Å². The van der Waals surface area contributed by atoms with Gasteiger partial charge in [0.15, 0.2) is 0 Å². The number of rotatable bonds is 5. The van der Waals surface area contributed by atoms with Crippen molar-refractivity contribution in [3.8, 4) is 39.7 Å². The second-order valence-corrected chi connectivity index (χ2v) is 6.70. The van der Waals surface area contributed by atoms with E-state index in [1.165, 1.54) is 0 Å². The first kappa shape index (κ1) is 18.1. The zero-order valence-electron chi connectivity index (χ0n) is 15.6. The van der Waals surface area contributed by atoms with E-state index in [0.717, 1.165) is 39.7 Å². The normalized spacial score (nSPS) is 10.7. The molecule has 0 aliphatic carbocycles. The molecule has 28 heavy (non-hydrogen) atoms. The van der Waals surface area contributed by atoms with Crippen LogP contribution in [-0.2, 0) is 0 Å². The highest BCUT2D eigenvalue weighted by molar-refractivity contribution is 6.30. The molecule has 0 aliphatic rings. The third-order valence-corrected chi connectivity index (χ3v) is 4.77. The maximum absolute atomic E-state index is 6.22. The molecule has 140 valence electrons. The Hall–Kier alpha value is -3.24. The number of halogens is 1. The monoisotopic (exact) mass is 390 g/mol. The Morgan fingerprint density at radius 1 is 0.750 bits per heavy atom. The van der Waals surface area contributed by atoms with Gasteiger partial charge in [0.25, 0.3) is 0 Å². The summed E-state index contributed by atoms with van der Waals surface area (Å²) in [6, 6.07) is 25.5. The van der Waals surface area contributed by atoms with E-state index in [1.54, 1.807) is 14.2 Å². The zero-order chi connectivity index (χ0) is 19.5. The fraction of sp³-hybridized carbons (Fsp3) is 0.0870. The lowest BCUT2D eigenvalue weighted by molar-refractivity contribution is 0.414. The summed E-state index contributed by atoms with van der Waals surface area (Å²) in [6.07, 6.45) is 0. The van der Waals surface area contributed by atoms with Gasteiger partial charge in [0.05, 0.1) is 31.3 Å². The van der Waals surface area contributed by atoms with E-state index >= 15 is 0 Å². The Morgan fingerprint density at radius 3 is 1.93 bits per heavy atom. The summed E-state index contributed by atoms with van der Waals surface area (Å²) in [5, 5.41) is 5.52. The molecular formula is C23H19ClN2O2. The predicted molar refractivity (Wildman–Crippen MR) is 113 cm³/mol. The van der Waals surface area contributed by atoms with Gasteiger partial charge in [-0.2, -0.15) is 5.10 Å². The fourth-order valence-electron chi connectivity index (χ4n) is 3.06. The Morgan fingerprint density at radius 2 is 1.36 bits per heavy atom. The third kappa shape index (κ3) is 3.59. The summed E-state index contributed by atoms with van der Waals surface area (Å²) >= 11 is 6.22. The molecule has 3 aromatic carbocycles. The van der Waals surface area contributed by atoms with Crippen molar-refractivity contribution in [2.45, 2.75) is 0 Å². The molecule has 0 unspecified atom stereocenters. The number of hydrogen-bond acceptors (Lipinski definition) is 3. The van der Waals surface area contributed by atoms with Crippen molar-refractivity contribution in [1.29, 1.82) is 0 Å². The lowest BCUT2D eigenvalue weighted by Gasteiger charge is -2.08. The lowest BCUT2D eigenvalue weighted by Crippen LogP contribution is -1.99. The SMILES string of the molecule is COc1ccc(-c2cc(-c3ccc(OC)cc3)n(-c3cccc(Cl)c3)n2)cc1. The molecule has 4 rings (SSSR count). The van der Waals surface area contributed by atoms with Gasteiger partial charge in [-0.1, -0.05) is 17.7 Å². The molecule has 0 N–H and O–H groups in total. The van der Waals surface area contributed by atoms with Crippen molar-refractivity contribution in [3.05, 3.63) is 83.9 Å². The van der Waals surface area contributed by atoms with Crippen LogP contribution in [0.25, 0.3) is 28.2 Å². The van der Waals surface area contributed by atoms with Crippen LogP contribution in [0.5, 0.6) is 11.5 Å². The second kappa shape index (κ2) is 7.79. The molecule has 1 aromatic heterocycles. The molecule has 1 heterocycles. The van der Waals surface area contributed by atoms with E-state index in [0.29, 0.717) is 5.02 Å². The van der Waals surface area contributed by atoms with Crippen molar-refractivity contribution in [2.75, 3.05) is 14.2 Å². The highest BCUT2D eigenvalue weighted by atomic mass is 35.5. The first-order valence-electron chi connectivity index (χ1n) is 8.83. The molecule has 0 atom stereocenters. The minimum Gasteiger partial charge on any atom is -0.497 e. The molecule has 0 spiro atoms. The molecule has 0 saturated carbocycles. The van der Waals surface area contributed by atoms with E-state index < -0.39 is 0 Å². The van der Waals surface area contributed by atoms with Gasteiger partial charge < -0.3 is 9.47 Å². The van der Waals surface area contributed by atoms with Gasteiger partial charge in [-0.3, -0.25) is 0 Å². The van der Waals surface area contributed by atoms with Crippen molar-refractivity contribution in [1.82, 2.24) is 9.78 Å². The summed E-state index contributed by atoms with van der Waals surface area (Å²) in [4.78, 5) is 0. The number of ether oxygens (including phenoxy) is 2. The summed E-state index contributed by atoms with van der Waals surface area (Å²) in [5.74, 6) is 1.63. The second-order valence-electron chi connectivity index (χ2n) is 6.26. The van der Waals surface area contributed by atoms with Crippen molar-refractivity contribution in [2.24, 2.45) is 0 Å². The molecule has 4 aromatic rings. The van der Waals surface area contributed by atoms with E-state index in [2.05, 4.69) is 6.07 Å². The molecular weight excluding hydrogens is 372 g/mol. The average Bonchev–Trinajstić information content (AvgIpc) is 3.19. The van der Waals surface area contributed by atoms with Gasteiger partial charge in [0.1, 0.15) is 11.5 Å². The van der Waals surface area contributed by atoms with Gasteiger partial charge in [-0.05, 0) is 72.8 Å². The molecule has 0 saturated heterocycles. The van der Waals surface area contributed by atoms with Crippen LogP contribution in [0.2, 0.25) is 5.02 Å². The Labute approximate surface area is 168 Å². The van der Waals surface area contributed by atoms with Gasteiger partial charge in [-0.25, -0.2) is 4.68 Å². The van der Waals surface area contributed by atoms with E-state index in [-0.39, 0.29) is 0 Å². The van der Waals surface area contributed by atoms with Gasteiger partial charge >= 0.3 is 0 Å². The Balaban J connectivity index is 1.85. The molecule has 0 aliphatic heterocycles. The molecule has 0 bridgehead atoms. The van der Waals surface area contributed by atoms with E-state index in [9.17, 15) is 0 Å². The minimum atomic E-state index is 0.666. The standard InChI is InChI=1S/C23H19ClN2O2/c1-27-20-10-6-16(7-11-20)22-15-23(17-8-12-21(28-2)13-9-17)26(25-22)19-5-3-4-18(24)14-19/h3-15H,1-2H3. The molecule has 0 amide bonds. The average molecular weight is 391 g/mol. The number of hydrogen-bond donors (Lipinski definition) is 0. The van der Waals surface area contributed by atoms with Crippen LogP contribution in [0.3, 0.4) is 0 Å². The Kier molecular flexibility index (Phi) is 5.04.